The molecule has 1 aliphatic heterocycles. The molecular formula is C21H28N4O2. The number of nitrogens with zero attached hydrogens (tertiary/aromatic N) is 2. The van der Waals surface area contributed by atoms with E-state index in [1.54, 1.807) is 0 Å². The number of carbonyl (C=O) groups is 2. The van der Waals surface area contributed by atoms with Crippen molar-refractivity contribution in [3.8, 4) is 0 Å². The number of hydrogen-bond acceptors (Lipinski definition) is 3. The lowest BCUT2D eigenvalue weighted by Crippen LogP contribution is -2.30. The third kappa shape index (κ3) is 4.04. The SMILES string of the molecule is Cc1cccc(NC(=O)c2nc(C(=O)NCC(C)C)n3c2CCCC3)c1C. The zero-order valence-electron chi connectivity index (χ0n) is 16.6. The molecule has 6 nitrogen and oxygen atoms in total. The molecule has 2 amide bonds. The van der Waals surface area contributed by atoms with Crippen molar-refractivity contribution in [1.82, 2.24) is 14.9 Å². The highest BCUT2D eigenvalue weighted by Gasteiger charge is 2.27. The summed E-state index contributed by atoms with van der Waals surface area (Å²) in [7, 11) is 0. The Morgan fingerprint density at radius 1 is 1.19 bits per heavy atom. The van der Waals surface area contributed by atoms with Gasteiger partial charge in [-0.2, -0.15) is 0 Å². The third-order valence-corrected chi connectivity index (χ3v) is 5.06. The molecule has 144 valence electrons. The summed E-state index contributed by atoms with van der Waals surface area (Å²) in [5.74, 6) is 0.239. The van der Waals surface area contributed by atoms with Gasteiger partial charge >= 0.3 is 0 Å². The molecule has 0 bridgehead atoms. The van der Waals surface area contributed by atoms with Crippen molar-refractivity contribution in [2.75, 3.05) is 11.9 Å². The van der Waals surface area contributed by atoms with Crippen molar-refractivity contribution in [1.29, 1.82) is 0 Å². The van der Waals surface area contributed by atoms with Crippen LogP contribution in [0.4, 0.5) is 5.69 Å². The van der Waals surface area contributed by atoms with E-state index in [2.05, 4.69) is 15.6 Å². The highest BCUT2D eigenvalue weighted by Crippen LogP contribution is 2.24. The van der Waals surface area contributed by atoms with Crippen LogP contribution in [0, 0.1) is 19.8 Å². The van der Waals surface area contributed by atoms with Crippen molar-refractivity contribution >= 4 is 17.5 Å². The molecule has 0 saturated heterocycles. The van der Waals surface area contributed by atoms with Gasteiger partial charge in [-0.15, -0.1) is 0 Å². The second-order valence-corrected chi connectivity index (χ2v) is 7.64. The van der Waals surface area contributed by atoms with Crippen molar-refractivity contribution in [2.24, 2.45) is 5.92 Å². The number of nitrogens with one attached hydrogen (secondary N) is 2. The van der Waals surface area contributed by atoms with Crippen LogP contribution in [0.2, 0.25) is 0 Å². The molecule has 0 radical (unpaired) electrons. The molecule has 2 aromatic rings. The molecule has 0 saturated carbocycles. The Morgan fingerprint density at radius 3 is 2.70 bits per heavy atom. The topological polar surface area (TPSA) is 76.0 Å². The monoisotopic (exact) mass is 368 g/mol. The molecule has 3 rings (SSSR count). The molecule has 0 aliphatic carbocycles. The van der Waals surface area contributed by atoms with E-state index in [0.29, 0.717) is 24.0 Å². The molecule has 0 spiro atoms. The summed E-state index contributed by atoms with van der Waals surface area (Å²) in [5, 5.41) is 5.89. The number of aromatic nitrogens is 2. The third-order valence-electron chi connectivity index (χ3n) is 5.06. The number of anilines is 1. The number of carbonyl (C=O) groups excluding carboxylic acids is 2. The van der Waals surface area contributed by atoms with Crippen LogP contribution in [-0.4, -0.2) is 27.9 Å². The summed E-state index contributed by atoms with van der Waals surface area (Å²) >= 11 is 0. The molecule has 0 atom stereocenters. The molecule has 2 N–H and O–H groups in total. The van der Waals surface area contributed by atoms with Gasteiger partial charge in [0.15, 0.2) is 11.5 Å². The molecule has 1 aromatic carbocycles. The number of fused-ring (bicyclic) bond motifs is 1. The number of imidazole rings is 1. The highest BCUT2D eigenvalue weighted by molar-refractivity contribution is 6.05. The first-order valence-corrected chi connectivity index (χ1v) is 9.63. The number of aryl methyl sites for hydroxylation is 1. The molecule has 6 heteroatoms. The van der Waals surface area contributed by atoms with Crippen molar-refractivity contribution in [3.63, 3.8) is 0 Å². The molecule has 0 unspecified atom stereocenters. The zero-order valence-corrected chi connectivity index (χ0v) is 16.6. The number of rotatable bonds is 5. The van der Waals surface area contributed by atoms with E-state index in [0.717, 1.165) is 48.3 Å². The van der Waals surface area contributed by atoms with E-state index in [9.17, 15) is 9.59 Å². The number of hydrogen-bond donors (Lipinski definition) is 2. The molecule has 1 aromatic heterocycles. The van der Waals surface area contributed by atoms with Crippen molar-refractivity contribution in [3.05, 3.63) is 46.5 Å². The minimum Gasteiger partial charge on any atom is -0.349 e. The van der Waals surface area contributed by atoms with Gasteiger partial charge < -0.3 is 15.2 Å². The average Bonchev–Trinajstić information content (AvgIpc) is 3.03. The van der Waals surface area contributed by atoms with Crippen LogP contribution in [0.25, 0.3) is 0 Å². The lowest BCUT2D eigenvalue weighted by atomic mass is 10.1. The Hall–Kier alpha value is -2.63. The maximum atomic E-state index is 12.9. The van der Waals surface area contributed by atoms with Crippen LogP contribution in [0.1, 0.15) is 64.6 Å². The van der Waals surface area contributed by atoms with Gasteiger partial charge in [-0.3, -0.25) is 9.59 Å². The lowest BCUT2D eigenvalue weighted by molar-refractivity contribution is 0.0933. The van der Waals surface area contributed by atoms with Gasteiger partial charge in [-0.25, -0.2) is 4.98 Å². The van der Waals surface area contributed by atoms with Gasteiger partial charge in [-0.05, 0) is 56.2 Å². The zero-order chi connectivity index (χ0) is 19.6. The smallest absolute Gasteiger partial charge is 0.287 e. The summed E-state index contributed by atoms with van der Waals surface area (Å²) in [5.41, 5.74) is 4.16. The van der Waals surface area contributed by atoms with Crippen LogP contribution in [-0.2, 0) is 13.0 Å². The summed E-state index contributed by atoms with van der Waals surface area (Å²) in [6.07, 6.45) is 2.76. The van der Waals surface area contributed by atoms with E-state index in [1.165, 1.54) is 0 Å². The minimum absolute atomic E-state index is 0.211. The van der Waals surface area contributed by atoms with Crippen LogP contribution < -0.4 is 10.6 Å². The van der Waals surface area contributed by atoms with E-state index in [-0.39, 0.29) is 11.8 Å². The number of benzene rings is 1. The van der Waals surface area contributed by atoms with E-state index >= 15 is 0 Å². The predicted molar refractivity (Wildman–Crippen MR) is 106 cm³/mol. The first kappa shape index (κ1) is 19.1. The van der Waals surface area contributed by atoms with Crippen molar-refractivity contribution < 1.29 is 9.59 Å². The van der Waals surface area contributed by atoms with Crippen LogP contribution in [0.3, 0.4) is 0 Å². The lowest BCUT2D eigenvalue weighted by Gasteiger charge is -2.17. The van der Waals surface area contributed by atoms with Gasteiger partial charge in [0.25, 0.3) is 11.8 Å². The van der Waals surface area contributed by atoms with E-state index in [1.807, 2.05) is 50.5 Å². The Balaban J connectivity index is 1.90. The fourth-order valence-electron chi connectivity index (χ4n) is 3.34. The molecule has 1 aliphatic rings. The van der Waals surface area contributed by atoms with E-state index < -0.39 is 0 Å². The summed E-state index contributed by atoms with van der Waals surface area (Å²) in [6, 6.07) is 5.82. The fourth-order valence-corrected chi connectivity index (χ4v) is 3.34. The number of amides is 2. The van der Waals surface area contributed by atoms with Gasteiger partial charge in [0.2, 0.25) is 0 Å². The summed E-state index contributed by atoms with van der Waals surface area (Å²) < 4.78 is 1.91. The predicted octanol–water partition coefficient (Wildman–Crippen LogP) is 3.47. The van der Waals surface area contributed by atoms with Crippen LogP contribution in [0.5, 0.6) is 0 Å². The summed E-state index contributed by atoms with van der Waals surface area (Å²) in [4.78, 5) is 30.0. The first-order chi connectivity index (χ1) is 12.9. The van der Waals surface area contributed by atoms with Gasteiger partial charge in [0.05, 0.1) is 5.69 Å². The van der Waals surface area contributed by atoms with Gasteiger partial charge in [-0.1, -0.05) is 26.0 Å². The maximum absolute atomic E-state index is 12.9. The average molecular weight is 368 g/mol. The maximum Gasteiger partial charge on any atom is 0.287 e. The van der Waals surface area contributed by atoms with E-state index in [4.69, 9.17) is 0 Å². The van der Waals surface area contributed by atoms with Gasteiger partial charge in [0, 0.05) is 18.8 Å². The Kier molecular flexibility index (Phi) is 5.63. The Bertz CT molecular complexity index is 867. The summed E-state index contributed by atoms with van der Waals surface area (Å²) in [6.45, 7) is 9.41. The van der Waals surface area contributed by atoms with Gasteiger partial charge in [0.1, 0.15) is 0 Å². The van der Waals surface area contributed by atoms with Crippen molar-refractivity contribution in [2.45, 2.75) is 53.5 Å². The van der Waals surface area contributed by atoms with Crippen LogP contribution >= 0.6 is 0 Å². The normalized spacial score (nSPS) is 13.4. The Morgan fingerprint density at radius 2 is 1.96 bits per heavy atom. The second kappa shape index (κ2) is 7.94. The van der Waals surface area contributed by atoms with Crippen LogP contribution in [0.15, 0.2) is 18.2 Å². The molecule has 0 fully saturated rings. The molecule has 2 heterocycles. The minimum atomic E-state index is -0.253. The fraction of sp³-hybridized carbons (Fsp3) is 0.476. The molecule has 27 heavy (non-hydrogen) atoms. The quantitative estimate of drug-likeness (QED) is 0.848. The second-order valence-electron chi connectivity index (χ2n) is 7.64. The molecular weight excluding hydrogens is 340 g/mol. The highest BCUT2D eigenvalue weighted by atomic mass is 16.2. The Labute approximate surface area is 160 Å². The first-order valence-electron chi connectivity index (χ1n) is 9.63. The standard InChI is InChI=1S/C21H28N4O2/c1-13(2)12-22-21(27)19-24-18(17-10-5-6-11-25(17)19)20(26)23-16-9-7-8-14(3)15(16)4/h7-9,13H,5-6,10-12H2,1-4H3,(H,22,27)(H,23,26). The largest absolute Gasteiger partial charge is 0.349 e.